The second kappa shape index (κ2) is 5.81. The van der Waals surface area contributed by atoms with Crippen LogP contribution in [0.15, 0.2) is 34.9 Å². The van der Waals surface area contributed by atoms with Crippen LogP contribution in [0, 0.1) is 5.82 Å². The second-order valence-corrected chi connectivity index (χ2v) is 7.43. The highest BCUT2D eigenvalue weighted by Gasteiger charge is 2.35. The van der Waals surface area contributed by atoms with Gasteiger partial charge in [-0.25, -0.2) is 17.8 Å². The van der Waals surface area contributed by atoms with Crippen LogP contribution in [0.4, 0.5) is 4.39 Å². The zero-order valence-electron chi connectivity index (χ0n) is 12.2. The minimum Gasteiger partial charge on any atom is -0.444 e. The number of nitrogens with zero attached hydrogens (tertiary/aromatic N) is 2. The van der Waals surface area contributed by atoms with Crippen LogP contribution in [-0.4, -0.2) is 30.5 Å². The lowest BCUT2D eigenvalue weighted by Crippen LogP contribution is -2.29. The molecule has 0 bridgehead atoms. The minimum absolute atomic E-state index is 0.281. The van der Waals surface area contributed by atoms with E-state index in [1.807, 2.05) is 0 Å². The number of halogens is 1. The van der Waals surface area contributed by atoms with E-state index in [0.29, 0.717) is 31.0 Å². The van der Waals surface area contributed by atoms with Crippen molar-refractivity contribution < 1.29 is 17.2 Å². The Balaban J connectivity index is 1.77. The van der Waals surface area contributed by atoms with Crippen LogP contribution in [0.3, 0.4) is 0 Å². The van der Waals surface area contributed by atoms with Gasteiger partial charge in [0.1, 0.15) is 17.6 Å². The molecule has 7 heteroatoms. The minimum atomic E-state index is -3.26. The predicted molar refractivity (Wildman–Crippen MR) is 79.2 cm³/mol. The van der Waals surface area contributed by atoms with Crippen molar-refractivity contribution >= 4 is 10.0 Å². The fourth-order valence-electron chi connectivity index (χ4n) is 2.75. The Morgan fingerprint density at radius 2 is 2.09 bits per heavy atom. The standard InChI is InChI=1S/C15H17FN2O3S/c1-22(19,20)18-8-2-3-14(18)15-17-10-13(21-15)9-11-4-6-12(16)7-5-11/h4-7,10,14H,2-3,8-9H2,1H3/t14-/m0/s1. The van der Waals surface area contributed by atoms with Crippen LogP contribution in [-0.2, 0) is 16.4 Å². The first-order chi connectivity index (χ1) is 10.4. The van der Waals surface area contributed by atoms with Gasteiger partial charge in [0.25, 0.3) is 0 Å². The van der Waals surface area contributed by atoms with E-state index < -0.39 is 10.0 Å². The third kappa shape index (κ3) is 3.20. The summed E-state index contributed by atoms with van der Waals surface area (Å²) >= 11 is 0. The van der Waals surface area contributed by atoms with Crippen LogP contribution < -0.4 is 0 Å². The van der Waals surface area contributed by atoms with Crippen molar-refractivity contribution in [2.24, 2.45) is 0 Å². The van der Waals surface area contributed by atoms with E-state index in [9.17, 15) is 12.8 Å². The Kier molecular flexibility index (Phi) is 4.01. The van der Waals surface area contributed by atoms with Gasteiger partial charge in [0.05, 0.1) is 12.5 Å². The Morgan fingerprint density at radius 3 is 2.77 bits per heavy atom. The molecule has 0 N–H and O–H groups in total. The van der Waals surface area contributed by atoms with Crippen molar-refractivity contribution in [2.75, 3.05) is 12.8 Å². The smallest absolute Gasteiger partial charge is 0.212 e. The van der Waals surface area contributed by atoms with Crippen molar-refractivity contribution in [2.45, 2.75) is 25.3 Å². The first kappa shape index (κ1) is 15.2. The van der Waals surface area contributed by atoms with E-state index in [1.165, 1.54) is 22.7 Å². The summed E-state index contributed by atoms with van der Waals surface area (Å²) < 4.78 is 43.6. The Bertz CT molecular complexity index is 755. The summed E-state index contributed by atoms with van der Waals surface area (Å²) in [5.74, 6) is 0.791. The van der Waals surface area contributed by atoms with Gasteiger partial charge in [0.15, 0.2) is 0 Å². The molecular formula is C15H17FN2O3S. The van der Waals surface area contributed by atoms with Gasteiger partial charge in [-0.2, -0.15) is 4.31 Å². The van der Waals surface area contributed by atoms with Crippen LogP contribution >= 0.6 is 0 Å². The molecule has 1 fully saturated rings. The highest BCUT2D eigenvalue weighted by molar-refractivity contribution is 7.88. The number of sulfonamides is 1. The van der Waals surface area contributed by atoms with Gasteiger partial charge in [0, 0.05) is 13.0 Å². The van der Waals surface area contributed by atoms with Gasteiger partial charge in [-0.1, -0.05) is 12.1 Å². The van der Waals surface area contributed by atoms with E-state index in [2.05, 4.69) is 4.98 Å². The fourth-order valence-corrected chi connectivity index (χ4v) is 3.86. The third-order valence-electron chi connectivity index (χ3n) is 3.78. The Morgan fingerprint density at radius 1 is 1.36 bits per heavy atom. The molecule has 0 amide bonds. The monoisotopic (exact) mass is 324 g/mol. The molecule has 2 heterocycles. The number of aromatic nitrogens is 1. The van der Waals surface area contributed by atoms with Crippen LogP contribution in [0.2, 0.25) is 0 Å². The molecular weight excluding hydrogens is 307 g/mol. The summed E-state index contributed by atoms with van der Waals surface area (Å²) in [5.41, 5.74) is 0.912. The SMILES string of the molecule is CS(=O)(=O)N1CCC[C@H]1c1ncc(Cc2ccc(F)cc2)o1. The Hall–Kier alpha value is -1.73. The van der Waals surface area contributed by atoms with Gasteiger partial charge in [-0.15, -0.1) is 0 Å². The molecule has 2 aromatic rings. The second-order valence-electron chi connectivity index (χ2n) is 5.50. The van der Waals surface area contributed by atoms with Crippen LogP contribution in [0.1, 0.15) is 36.1 Å². The number of oxazole rings is 1. The summed E-state index contributed by atoms with van der Waals surface area (Å²) in [6.45, 7) is 0.499. The molecule has 1 aromatic heterocycles. The summed E-state index contributed by atoms with van der Waals surface area (Å²) in [7, 11) is -3.26. The van der Waals surface area contributed by atoms with Crippen molar-refractivity contribution in [3.63, 3.8) is 0 Å². The Labute approximate surface area is 128 Å². The lowest BCUT2D eigenvalue weighted by atomic mass is 10.1. The van der Waals surface area contributed by atoms with E-state index in [0.717, 1.165) is 12.0 Å². The van der Waals surface area contributed by atoms with Gasteiger partial charge in [-0.3, -0.25) is 0 Å². The van der Waals surface area contributed by atoms with E-state index in [1.54, 1.807) is 18.3 Å². The zero-order chi connectivity index (χ0) is 15.7. The lowest BCUT2D eigenvalue weighted by Gasteiger charge is -2.19. The maximum absolute atomic E-state index is 12.9. The molecule has 1 atom stereocenters. The van der Waals surface area contributed by atoms with Crippen molar-refractivity contribution in [3.05, 3.63) is 53.5 Å². The summed E-state index contributed by atoms with van der Waals surface area (Å²) in [6, 6.07) is 5.85. The van der Waals surface area contributed by atoms with E-state index >= 15 is 0 Å². The zero-order valence-corrected chi connectivity index (χ0v) is 13.0. The van der Waals surface area contributed by atoms with E-state index in [4.69, 9.17) is 4.42 Å². The first-order valence-electron chi connectivity index (χ1n) is 7.09. The summed E-state index contributed by atoms with van der Waals surface area (Å²) in [6.07, 6.45) is 4.82. The average molecular weight is 324 g/mol. The molecule has 0 unspecified atom stereocenters. The molecule has 3 rings (SSSR count). The number of rotatable bonds is 4. The molecule has 1 saturated heterocycles. The third-order valence-corrected chi connectivity index (χ3v) is 5.07. The molecule has 1 aromatic carbocycles. The topological polar surface area (TPSA) is 63.4 Å². The largest absolute Gasteiger partial charge is 0.444 e. The van der Waals surface area contributed by atoms with Gasteiger partial charge in [-0.05, 0) is 30.5 Å². The highest BCUT2D eigenvalue weighted by atomic mass is 32.2. The first-order valence-corrected chi connectivity index (χ1v) is 8.94. The van der Waals surface area contributed by atoms with Gasteiger partial charge < -0.3 is 4.42 Å². The molecule has 1 aliphatic rings. The molecule has 118 valence electrons. The quantitative estimate of drug-likeness (QED) is 0.867. The summed E-state index contributed by atoms with van der Waals surface area (Å²) in [5, 5.41) is 0. The predicted octanol–water partition coefficient (Wildman–Crippen LogP) is 2.50. The maximum atomic E-state index is 12.9. The van der Waals surface area contributed by atoms with Gasteiger partial charge >= 0.3 is 0 Å². The normalized spacial score (nSPS) is 19.6. The molecule has 1 aliphatic heterocycles. The van der Waals surface area contributed by atoms with E-state index in [-0.39, 0.29) is 11.9 Å². The molecule has 0 aliphatic carbocycles. The number of hydrogen-bond acceptors (Lipinski definition) is 4. The number of hydrogen-bond donors (Lipinski definition) is 0. The molecule has 0 radical (unpaired) electrons. The molecule has 5 nitrogen and oxygen atoms in total. The van der Waals surface area contributed by atoms with Crippen molar-refractivity contribution in [1.29, 1.82) is 0 Å². The number of benzene rings is 1. The fraction of sp³-hybridized carbons (Fsp3) is 0.400. The highest BCUT2D eigenvalue weighted by Crippen LogP contribution is 2.33. The maximum Gasteiger partial charge on any atom is 0.212 e. The van der Waals surface area contributed by atoms with Crippen molar-refractivity contribution in [1.82, 2.24) is 9.29 Å². The molecule has 22 heavy (non-hydrogen) atoms. The van der Waals surface area contributed by atoms with Crippen molar-refractivity contribution in [3.8, 4) is 0 Å². The molecule has 0 spiro atoms. The summed E-state index contributed by atoms with van der Waals surface area (Å²) in [4.78, 5) is 4.23. The lowest BCUT2D eigenvalue weighted by molar-refractivity contribution is 0.323. The van der Waals surface area contributed by atoms with Crippen LogP contribution in [0.25, 0.3) is 0 Å². The van der Waals surface area contributed by atoms with Gasteiger partial charge in [0.2, 0.25) is 15.9 Å². The molecule has 0 saturated carbocycles. The van der Waals surface area contributed by atoms with Crippen LogP contribution in [0.5, 0.6) is 0 Å². The average Bonchev–Trinajstić information content (AvgIpc) is 3.09.